The van der Waals surface area contributed by atoms with E-state index >= 15 is 0 Å². The van der Waals surface area contributed by atoms with E-state index in [1.807, 2.05) is 0 Å². The molecule has 1 N–H and O–H groups in total. The van der Waals surface area contributed by atoms with Gasteiger partial charge in [0.05, 0.1) is 0 Å². The van der Waals surface area contributed by atoms with Crippen molar-refractivity contribution in [3.63, 3.8) is 0 Å². The minimum atomic E-state index is 0.685. The Hall–Kier alpha value is -0.120. The second-order valence-corrected chi connectivity index (χ2v) is 6.60. The standard InChI is InChI=1S/C15H31N3/c1-12(11-16-14-5-6-14)13(2)18(4)15-7-9-17(3)10-8-15/h12-16H,5-11H2,1-4H3. The highest BCUT2D eigenvalue weighted by Crippen LogP contribution is 2.22. The van der Waals surface area contributed by atoms with Crippen molar-refractivity contribution in [3.05, 3.63) is 0 Å². The normalized spacial score (nSPS) is 26.5. The molecule has 0 radical (unpaired) electrons. The van der Waals surface area contributed by atoms with Crippen LogP contribution in [0.15, 0.2) is 0 Å². The molecule has 0 amide bonds. The Morgan fingerprint density at radius 3 is 2.33 bits per heavy atom. The summed E-state index contributed by atoms with van der Waals surface area (Å²) in [6.07, 6.45) is 5.46. The molecule has 2 unspecified atom stereocenters. The molecular formula is C15H31N3. The molecule has 1 aliphatic carbocycles. The van der Waals surface area contributed by atoms with Crippen molar-refractivity contribution >= 4 is 0 Å². The van der Waals surface area contributed by atoms with Crippen LogP contribution in [0.25, 0.3) is 0 Å². The van der Waals surface area contributed by atoms with Crippen molar-refractivity contribution in [2.24, 2.45) is 5.92 Å². The molecular weight excluding hydrogens is 222 g/mol. The first kappa shape index (κ1) is 14.3. The smallest absolute Gasteiger partial charge is 0.0119 e. The average Bonchev–Trinajstić information content (AvgIpc) is 3.19. The maximum absolute atomic E-state index is 3.67. The van der Waals surface area contributed by atoms with E-state index in [0.717, 1.165) is 18.0 Å². The lowest BCUT2D eigenvalue weighted by Crippen LogP contribution is -2.48. The molecule has 2 aliphatic rings. The van der Waals surface area contributed by atoms with Gasteiger partial charge >= 0.3 is 0 Å². The molecule has 0 aromatic carbocycles. The van der Waals surface area contributed by atoms with Gasteiger partial charge in [0, 0.05) is 18.1 Å². The van der Waals surface area contributed by atoms with Crippen LogP contribution in [0.3, 0.4) is 0 Å². The Balaban J connectivity index is 1.73. The zero-order valence-electron chi connectivity index (χ0n) is 12.7. The van der Waals surface area contributed by atoms with Crippen LogP contribution in [0.5, 0.6) is 0 Å². The summed E-state index contributed by atoms with van der Waals surface area (Å²) in [4.78, 5) is 5.08. The highest BCUT2D eigenvalue weighted by Gasteiger charge is 2.27. The fourth-order valence-electron chi connectivity index (χ4n) is 2.95. The van der Waals surface area contributed by atoms with Crippen molar-refractivity contribution < 1.29 is 0 Å². The second kappa shape index (κ2) is 6.36. The van der Waals surface area contributed by atoms with E-state index in [-0.39, 0.29) is 0 Å². The van der Waals surface area contributed by atoms with E-state index in [1.165, 1.54) is 45.3 Å². The molecule has 106 valence electrons. The predicted molar refractivity (Wildman–Crippen MR) is 77.9 cm³/mol. The molecule has 3 nitrogen and oxygen atoms in total. The van der Waals surface area contributed by atoms with Crippen molar-refractivity contribution in [1.29, 1.82) is 0 Å². The van der Waals surface area contributed by atoms with Gasteiger partial charge in [0.2, 0.25) is 0 Å². The number of rotatable bonds is 6. The topological polar surface area (TPSA) is 18.5 Å². The van der Waals surface area contributed by atoms with E-state index in [2.05, 4.69) is 43.1 Å². The Morgan fingerprint density at radius 1 is 1.17 bits per heavy atom. The van der Waals surface area contributed by atoms with E-state index in [0.29, 0.717) is 6.04 Å². The number of nitrogens with one attached hydrogen (secondary N) is 1. The summed E-state index contributed by atoms with van der Waals surface area (Å²) in [5.74, 6) is 0.746. The molecule has 18 heavy (non-hydrogen) atoms. The molecule has 1 saturated heterocycles. The van der Waals surface area contributed by atoms with Gasteiger partial charge in [0.1, 0.15) is 0 Å². The maximum Gasteiger partial charge on any atom is 0.0119 e. The summed E-state index contributed by atoms with van der Waals surface area (Å²) in [6, 6.07) is 2.32. The SMILES string of the molecule is CC(CNC1CC1)C(C)N(C)C1CCN(C)CC1. The summed E-state index contributed by atoms with van der Waals surface area (Å²) >= 11 is 0. The van der Waals surface area contributed by atoms with Crippen molar-refractivity contribution in [3.8, 4) is 0 Å². The van der Waals surface area contributed by atoms with Gasteiger partial charge in [-0.2, -0.15) is 0 Å². The third kappa shape index (κ3) is 3.94. The molecule has 2 fully saturated rings. The lowest BCUT2D eigenvalue weighted by Gasteiger charge is -2.40. The van der Waals surface area contributed by atoms with Crippen LogP contribution >= 0.6 is 0 Å². The molecule has 3 heteroatoms. The van der Waals surface area contributed by atoms with Gasteiger partial charge in [-0.1, -0.05) is 6.92 Å². The van der Waals surface area contributed by atoms with Gasteiger partial charge in [-0.25, -0.2) is 0 Å². The lowest BCUT2D eigenvalue weighted by atomic mass is 9.97. The molecule has 0 aromatic heterocycles. The van der Waals surface area contributed by atoms with Crippen LogP contribution in [0.2, 0.25) is 0 Å². The molecule has 0 bridgehead atoms. The number of nitrogens with zero attached hydrogens (tertiary/aromatic N) is 2. The fraction of sp³-hybridized carbons (Fsp3) is 1.00. The number of hydrogen-bond acceptors (Lipinski definition) is 3. The number of likely N-dealkylation sites (tertiary alicyclic amines) is 1. The van der Waals surface area contributed by atoms with Gasteiger partial charge in [0.15, 0.2) is 0 Å². The summed E-state index contributed by atoms with van der Waals surface area (Å²) in [5.41, 5.74) is 0. The zero-order valence-corrected chi connectivity index (χ0v) is 12.7. The molecule has 2 rings (SSSR count). The van der Waals surface area contributed by atoms with Crippen molar-refractivity contribution in [1.82, 2.24) is 15.1 Å². The second-order valence-electron chi connectivity index (χ2n) is 6.60. The van der Waals surface area contributed by atoms with Crippen LogP contribution in [0.1, 0.15) is 39.5 Å². The van der Waals surface area contributed by atoms with Crippen LogP contribution in [-0.4, -0.2) is 61.7 Å². The Morgan fingerprint density at radius 2 is 1.78 bits per heavy atom. The summed E-state index contributed by atoms with van der Waals surface area (Å²) in [5, 5.41) is 3.67. The van der Waals surface area contributed by atoms with E-state index in [4.69, 9.17) is 0 Å². The summed E-state index contributed by atoms with van der Waals surface area (Å²) in [6.45, 7) is 8.50. The highest BCUT2D eigenvalue weighted by atomic mass is 15.2. The molecule has 1 heterocycles. The fourth-order valence-corrected chi connectivity index (χ4v) is 2.95. The zero-order chi connectivity index (χ0) is 13.1. The minimum Gasteiger partial charge on any atom is -0.314 e. The number of piperidine rings is 1. The van der Waals surface area contributed by atoms with Crippen LogP contribution < -0.4 is 5.32 Å². The Bertz CT molecular complexity index is 244. The van der Waals surface area contributed by atoms with Crippen molar-refractivity contribution in [2.45, 2.75) is 57.7 Å². The highest BCUT2D eigenvalue weighted by molar-refractivity contribution is 4.85. The van der Waals surface area contributed by atoms with Gasteiger partial charge in [-0.3, -0.25) is 0 Å². The predicted octanol–water partition coefficient (Wildman–Crippen LogP) is 1.79. The van der Waals surface area contributed by atoms with E-state index < -0.39 is 0 Å². The van der Waals surface area contributed by atoms with E-state index in [9.17, 15) is 0 Å². The van der Waals surface area contributed by atoms with Gasteiger partial charge in [-0.15, -0.1) is 0 Å². The van der Waals surface area contributed by atoms with Gasteiger partial charge in [-0.05, 0) is 72.3 Å². The van der Waals surface area contributed by atoms with Crippen molar-refractivity contribution in [2.75, 3.05) is 33.7 Å². The summed E-state index contributed by atoms with van der Waals surface area (Å²) in [7, 11) is 4.57. The minimum absolute atomic E-state index is 0.685. The van der Waals surface area contributed by atoms with E-state index in [1.54, 1.807) is 0 Å². The first-order chi connectivity index (χ1) is 8.58. The Labute approximate surface area is 113 Å². The molecule has 0 spiro atoms. The molecule has 1 aliphatic heterocycles. The van der Waals surface area contributed by atoms with Crippen LogP contribution in [-0.2, 0) is 0 Å². The van der Waals surface area contributed by atoms with Crippen LogP contribution in [0, 0.1) is 5.92 Å². The molecule has 2 atom stereocenters. The average molecular weight is 253 g/mol. The van der Waals surface area contributed by atoms with Gasteiger partial charge < -0.3 is 15.1 Å². The number of hydrogen-bond donors (Lipinski definition) is 1. The summed E-state index contributed by atoms with van der Waals surface area (Å²) < 4.78 is 0. The van der Waals surface area contributed by atoms with Gasteiger partial charge in [0.25, 0.3) is 0 Å². The third-order valence-corrected chi connectivity index (χ3v) is 5.04. The van der Waals surface area contributed by atoms with Crippen LogP contribution in [0.4, 0.5) is 0 Å². The third-order valence-electron chi connectivity index (χ3n) is 5.04. The Kier molecular flexibility index (Phi) is 5.05. The maximum atomic E-state index is 3.67. The monoisotopic (exact) mass is 253 g/mol. The largest absolute Gasteiger partial charge is 0.314 e. The molecule has 1 saturated carbocycles. The molecule has 0 aromatic rings. The lowest BCUT2D eigenvalue weighted by molar-refractivity contribution is 0.0898. The first-order valence-electron chi connectivity index (χ1n) is 7.71. The first-order valence-corrected chi connectivity index (χ1v) is 7.71. The quantitative estimate of drug-likeness (QED) is 0.778.